The van der Waals surface area contributed by atoms with Crippen LogP contribution >= 0.6 is 0 Å². The number of carbonyl (C=O) groups is 1. The van der Waals surface area contributed by atoms with E-state index in [-0.39, 0.29) is 5.91 Å². The Hall–Kier alpha value is -1.88. The molecule has 0 bridgehead atoms. The third kappa shape index (κ3) is 3.17. The van der Waals surface area contributed by atoms with Gasteiger partial charge < -0.3 is 14.5 Å². The minimum Gasteiger partial charge on any atom is -0.441 e. The van der Waals surface area contributed by atoms with Crippen LogP contribution in [-0.2, 0) is 16.0 Å². The molecule has 2 aromatic rings. The van der Waals surface area contributed by atoms with Crippen molar-refractivity contribution in [2.24, 2.45) is 5.92 Å². The molecular formula is C15H18N2O3. The molecule has 1 saturated heterocycles. The number of amides is 1. The number of benzene rings is 1. The molecule has 106 valence electrons. The van der Waals surface area contributed by atoms with Crippen molar-refractivity contribution in [3.8, 4) is 0 Å². The van der Waals surface area contributed by atoms with Gasteiger partial charge in [-0.05, 0) is 24.5 Å². The molecule has 2 heterocycles. The van der Waals surface area contributed by atoms with E-state index in [2.05, 4.69) is 10.3 Å². The summed E-state index contributed by atoms with van der Waals surface area (Å²) in [4.78, 5) is 16.1. The molecule has 0 aliphatic carbocycles. The van der Waals surface area contributed by atoms with E-state index in [0.717, 1.165) is 24.1 Å². The number of hydrogen-bond donors (Lipinski definition) is 1. The predicted molar refractivity (Wildman–Crippen MR) is 74.3 cm³/mol. The number of ether oxygens (including phenoxy) is 1. The predicted octanol–water partition coefficient (Wildman–Crippen LogP) is 1.91. The number of nitrogens with one attached hydrogen (secondary N) is 1. The number of carbonyl (C=O) groups excluding carboxylic acids is 1. The molecular weight excluding hydrogens is 256 g/mol. The van der Waals surface area contributed by atoms with E-state index in [0.29, 0.717) is 37.8 Å². The van der Waals surface area contributed by atoms with E-state index in [9.17, 15) is 4.79 Å². The summed E-state index contributed by atoms with van der Waals surface area (Å²) < 4.78 is 10.9. The van der Waals surface area contributed by atoms with Gasteiger partial charge in [0.25, 0.3) is 0 Å². The molecule has 1 atom stereocenters. The van der Waals surface area contributed by atoms with E-state index in [1.807, 2.05) is 24.3 Å². The van der Waals surface area contributed by atoms with Crippen molar-refractivity contribution in [1.29, 1.82) is 0 Å². The number of oxazole rings is 1. The van der Waals surface area contributed by atoms with Crippen molar-refractivity contribution in [2.75, 3.05) is 19.8 Å². The number of nitrogens with zero attached hydrogens (tertiary/aromatic N) is 1. The first-order valence-electron chi connectivity index (χ1n) is 7.00. The average Bonchev–Trinajstić information content (AvgIpc) is 3.07. The topological polar surface area (TPSA) is 64.4 Å². The van der Waals surface area contributed by atoms with Gasteiger partial charge in [0, 0.05) is 32.6 Å². The highest BCUT2D eigenvalue weighted by molar-refractivity contribution is 5.76. The van der Waals surface area contributed by atoms with Crippen LogP contribution in [0.2, 0.25) is 0 Å². The van der Waals surface area contributed by atoms with Crippen LogP contribution in [0.5, 0.6) is 0 Å². The van der Waals surface area contributed by atoms with E-state index in [4.69, 9.17) is 9.15 Å². The Labute approximate surface area is 117 Å². The third-order valence-corrected chi connectivity index (χ3v) is 3.50. The molecule has 1 aliphatic heterocycles. The highest BCUT2D eigenvalue weighted by atomic mass is 16.5. The lowest BCUT2D eigenvalue weighted by atomic mass is 10.1. The first-order valence-corrected chi connectivity index (χ1v) is 7.00. The Bertz CT molecular complexity index is 555. The molecule has 1 N–H and O–H groups in total. The number of para-hydroxylation sites is 2. The zero-order chi connectivity index (χ0) is 13.8. The second-order valence-corrected chi connectivity index (χ2v) is 5.11. The molecule has 0 radical (unpaired) electrons. The molecule has 1 unspecified atom stereocenters. The smallest absolute Gasteiger partial charge is 0.220 e. The summed E-state index contributed by atoms with van der Waals surface area (Å²) in [5.41, 5.74) is 1.65. The van der Waals surface area contributed by atoms with Crippen LogP contribution in [0, 0.1) is 5.92 Å². The lowest BCUT2D eigenvalue weighted by Gasteiger charge is -2.07. The Morgan fingerprint density at radius 2 is 2.30 bits per heavy atom. The van der Waals surface area contributed by atoms with Gasteiger partial charge >= 0.3 is 0 Å². The maximum Gasteiger partial charge on any atom is 0.220 e. The van der Waals surface area contributed by atoms with Crippen LogP contribution < -0.4 is 5.32 Å². The summed E-state index contributed by atoms with van der Waals surface area (Å²) in [7, 11) is 0. The van der Waals surface area contributed by atoms with Gasteiger partial charge in [0.2, 0.25) is 5.91 Å². The third-order valence-electron chi connectivity index (χ3n) is 3.50. The molecule has 20 heavy (non-hydrogen) atoms. The van der Waals surface area contributed by atoms with Crippen LogP contribution in [0.3, 0.4) is 0 Å². The van der Waals surface area contributed by atoms with E-state index in [1.165, 1.54) is 0 Å². The highest BCUT2D eigenvalue weighted by Gasteiger charge is 2.18. The van der Waals surface area contributed by atoms with Crippen molar-refractivity contribution < 1.29 is 13.9 Å². The van der Waals surface area contributed by atoms with Crippen LogP contribution in [-0.4, -0.2) is 30.6 Å². The molecule has 1 aromatic heterocycles. The van der Waals surface area contributed by atoms with Crippen molar-refractivity contribution in [1.82, 2.24) is 10.3 Å². The lowest BCUT2D eigenvalue weighted by Crippen LogP contribution is -2.27. The first kappa shape index (κ1) is 13.1. The van der Waals surface area contributed by atoms with Gasteiger partial charge in [-0.15, -0.1) is 0 Å². The molecule has 0 saturated carbocycles. The molecule has 5 heteroatoms. The van der Waals surface area contributed by atoms with Gasteiger partial charge in [-0.25, -0.2) is 4.98 Å². The minimum absolute atomic E-state index is 0.0802. The fourth-order valence-corrected chi connectivity index (χ4v) is 2.41. The van der Waals surface area contributed by atoms with Crippen molar-refractivity contribution in [3.05, 3.63) is 30.2 Å². The lowest BCUT2D eigenvalue weighted by molar-refractivity contribution is -0.122. The van der Waals surface area contributed by atoms with Gasteiger partial charge in [0.15, 0.2) is 11.5 Å². The van der Waals surface area contributed by atoms with Crippen LogP contribution in [0.1, 0.15) is 18.7 Å². The maximum atomic E-state index is 11.7. The fraction of sp³-hybridized carbons (Fsp3) is 0.467. The molecule has 3 rings (SSSR count). The second-order valence-electron chi connectivity index (χ2n) is 5.11. The zero-order valence-corrected chi connectivity index (χ0v) is 11.3. The zero-order valence-electron chi connectivity index (χ0n) is 11.3. The van der Waals surface area contributed by atoms with E-state index < -0.39 is 0 Å². The maximum absolute atomic E-state index is 11.7. The summed E-state index contributed by atoms with van der Waals surface area (Å²) >= 11 is 0. The first-order chi connectivity index (χ1) is 9.81. The van der Waals surface area contributed by atoms with Crippen LogP contribution in [0.15, 0.2) is 28.7 Å². The van der Waals surface area contributed by atoms with Crippen LogP contribution in [0.4, 0.5) is 0 Å². The Morgan fingerprint density at radius 1 is 1.40 bits per heavy atom. The van der Waals surface area contributed by atoms with Gasteiger partial charge in [-0.1, -0.05) is 12.1 Å². The van der Waals surface area contributed by atoms with Crippen molar-refractivity contribution in [3.63, 3.8) is 0 Å². The number of fused-ring (bicyclic) bond motifs is 1. The van der Waals surface area contributed by atoms with Gasteiger partial charge in [-0.2, -0.15) is 0 Å². The summed E-state index contributed by atoms with van der Waals surface area (Å²) in [5, 5.41) is 2.91. The normalized spacial score (nSPS) is 18.5. The molecule has 0 spiro atoms. The average molecular weight is 274 g/mol. The van der Waals surface area contributed by atoms with Crippen LogP contribution in [0.25, 0.3) is 11.1 Å². The number of aromatic nitrogens is 1. The second kappa shape index (κ2) is 6.05. The van der Waals surface area contributed by atoms with Gasteiger partial charge in [-0.3, -0.25) is 4.79 Å². The summed E-state index contributed by atoms with van der Waals surface area (Å²) in [6.07, 6.45) is 2.15. The van der Waals surface area contributed by atoms with Crippen molar-refractivity contribution in [2.45, 2.75) is 19.3 Å². The summed E-state index contributed by atoms with van der Waals surface area (Å²) in [5.74, 6) is 1.12. The quantitative estimate of drug-likeness (QED) is 0.904. The minimum atomic E-state index is 0.0802. The molecule has 1 amide bonds. The van der Waals surface area contributed by atoms with E-state index >= 15 is 0 Å². The molecule has 1 aliphatic rings. The highest BCUT2D eigenvalue weighted by Crippen LogP contribution is 2.16. The number of rotatable bonds is 5. The monoisotopic (exact) mass is 274 g/mol. The van der Waals surface area contributed by atoms with E-state index in [1.54, 1.807) is 0 Å². The SMILES string of the molecule is O=C(CC1CCOC1)NCCc1nc2ccccc2o1. The Morgan fingerprint density at radius 3 is 3.10 bits per heavy atom. The summed E-state index contributed by atoms with van der Waals surface area (Å²) in [6.45, 7) is 2.04. The fourth-order valence-electron chi connectivity index (χ4n) is 2.41. The largest absolute Gasteiger partial charge is 0.441 e. The Kier molecular flexibility index (Phi) is 3.97. The molecule has 1 fully saturated rings. The summed E-state index contributed by atoms with van der Waals surface area (Å²) in [6, 6.07) is 7.66. The van der Waals surface area contributed by atoms with Gasteiger partial charge in [0.1, 0.15) is 5.52 Å². The Balaban J connectivity index is 1.45. The molecule has 5 nitrogen and oxygen atoms in total. The van der Waals surface area contributed by atoms with Gasteiger partial charge in [0.05, 0.1) is 0 Å². The standard InChI is InChI=1S/C15H18N2O3/c18-14(9-11-6-8-19-10-11)16-7-5-15-17-12-3-1-2-4-13(12)20-15/h1-4,11H,5-10H2,(H,16,18). The van der Waals surface area contributed by atoms with Crippen molar-refractivity contribution >= 4 is 17.0 Å². The number of hydrogen-bond acceptors (Lipinski definition) is 4. The molecule has 1 aromatic carbocycles.